The normalized spacial score (nSPS) is 10.5. The van der Waals surface area contributed by atoms with Crippen LogP contribution in [0.3, 0.4) is 0 Å². The van der Waals surface area contributed by atoms with Gasteiger partial charge in [0.15, 0.2) is 5.78 Å². The van der Waals surface area contributed by atoms with Gasteiger partial charge in [-0.25, -0.2) is 8.78 Å². The molecule has 1 nitrogen and oxygen atoms in total. The highest BCUT2D eigenvalue weighted by atomic mass is 79.9. The van der Waals surface area contributed by atoms with Crippen LogP contribution in [0.4, 0.5) is 8.78 Å². The highest BCUT2D eigenvalue weighted by Crippen LogP contribution is 2.19. The number of ketones is 1. The molecule has 4 heteroatoms. The van der Waals surface area contributed by atoms with E-state index in [2.05, 4.69) is 15.9 Å². The number of halogens is 3. The summed E-state index contributed by atoms with van der Waals surface area (Å²) < 4.78 is 27.0. The van der Waals surface area contributed by atoms with Gasteiger partial charge in [0.2, 0.25) is 0 Å². The second-order valence-corrected chi connectivity index (χ2v) is 5.19. The first-order valence-corrected chi connectivity index (χ1v) is 6.50. The lowest BCUT2D eigenvalue weighted by Gasteiger charge is -2.05. The number of carbonyl (C=O) groups is 1. The van der Waals surface area contributed by atoms with Crippen LogP contribution >= 0.6 is 15.9 Å². The van der Waals surface area contributed by atoms with Gasteiger partial charge in [-0.3, -0.25) is 4.79 Å². The van der Waals surface area contributed by atoms with Crippen molar-refractivity contribution in [1.29, 1.82) is 0 Å². The van der Waals surface area contributed by atoms with Crippen LogP contribution in [0.2, 0.25) is 0 Å². The van der Waals surface area contributed by atoms with Gasteiger partial charge in [-0.15, -0.1) is 0 Å². The Balaban J connectivity index is 2.23. The molecule has 0 atom stereocenters. The largest absolute Gasteiger partial charge is 0.294 e. The molecule has 0 saturated carbocycles. The van der Waals surface area contributed by atoms with E-state index in [1.54, 1.807) is 13.0 Å². The van der Waals surface area contributed by atoms with E-state index >= 15 is 0 Å². The highest BCUT2D eigenvalue weighted by Gasteiger charge is 2.13. The van der Waals surface area contributed by atoms with Crippen molar-refractivity contribution < 1.29 is 13.6 Å². The fourth-order valence-electron chi connectivity index (χ4n) is 1.78. The van der Waals surface area contributed by atoms with Gasteiger partial charge in [0.25, 0.3) is 0 Å². The maximum atomic E-state index is 13.7. The van der Waals surface area contributed by atoms with E-state index in [0.717, 1.165) is 5.56 Å². The summed E-state index contributed by atoms with van der Waals surface area (Å²) >= 11 is 3.06. The van der Waals surface area contributed by atoms with Crippen LogP contribution in [0.25, 0.3) is 0 Å². The molecule has 2 aromatic rings. The third kappa shape index (κ3) is 3.26. The van der Waals surface area contributed by atoms with Crippen molar-refractivity contribution in [3.05, 3.63) is 69.2 Å². The lowest BCUT2D eigenvalue weighted by molar-refractivity contribution is 0.0989. The molecule has 0 spiro atoms. The monoisotopic (exact) mass is 324 g/mol. The Bertz CT molecular complexity index is 638. The van der Waals surface area contributed by atoms with Gasteiger partial charge < -0.3 is 0 Å². The van der Waals surface area contributed by atoms with Crippen molar-refractivity contribution in [1.82, 2.24) is 0 Å². The minimum atomic E-state index is -0.522. The summed E-state index contributed by atoms with van der Waals surface area (Å²) in [6.07, 6.45) is 0.0405. The zero-order valence-corrected chi connectivity index (χ0v) is 11.8. The van der Waals surface area contributed by atoms with E-state index in [9.17, 15) is 13.6 Å². The van der Waals surface area contributed by atoms with E-state index in [0.29, 0.717) is 10.0 Å². The Kier molecular flexibility index (Phi) is 4.10. The molecule has 0 aliphatic rings. The van der Waals surface area contributed by atoms with Crippen molar-refractivity contribution in [3.8, 4) is 0 Å². The average molecular weight is 325 g/mol. The molecule has 0 amide bonds. The summed E-state index contributed by atoms with van der Waals surface area (Å²) in [5.41, 5.74) is 1.46. The zero-order valence-electron chi connectivity index (χ0n) is 10.2. The standard InChI is InChI=1S/C15H11BrF2O/c1-9-2-4-11(14(18)6-9)15(19)8-10-3-5-13(17)12(16)7-10/h2-7H,8H2,1H3. The molecule has 0 saturated heterocycles. The third-order valence-corrected chi connectivity index (χ3v) is 3.38. The molecule has 0 N–H and O–H groups in total. The minimum absolute atomic E-state index is 0.0405. The van der Waals surface area contributed by atoms with Gasteiger partial charge in [-0.2, -0.15) is 0 Å². The average Bonchev–Trinajstić information content (AvgIpc) is 2.33. The molecular formula is C15H11BrF2O. The summed E-state index contributed by atoms with van der Waals surface area (Å²) in [7, 11) is 0. The molecule has 0 unspecified atom stereocenters. The molecular weight excluding hydrogens is 314 g/mol. The van der Waals surface area contributed by atoms with E-state index in [-0.39, 0.29) is 17.8 Å². The Labute approximate surface area is 118 Å². The second kappa shape index (κ2) is 5.61. The van der Waals surface area contributed by atoms with Crippen LogP contribution in [0.15, 0.2) is 40.9 Å². The SMILES string of the molecule is Cc1ccc(C(=O)Cc2ccc(F)c(Br)c2)c(F)c1. The molecule has 0 fully saturated rings. The number of Topliss-reactive ketones (excluding diaryl/α,β-unsaturated/α-hetero) is 1. The Morgan fingerprint density at radius 1 is 1.11 bits per heavy atom. The first-order chi connectivity index (χ1) is 8.97. The molecule has 2 rings (SSSR count). The Hall–Kier alpha value is -1.55. The minimum Gasteiger partial charge on any atom is -0.294 e. The van der Waals surface area contributed by atoms with Crippen LogP contribution in [0, 0.1) is 18.6 Å². The van der Waals surface area contributed by atoms with Crippen molar-refractivity contribution in [2.45, 2.75) is 13.3 Å². The molecule has 0 aromatic heterocycles. The molecule has 19 heavy (non-hydrogen) atoms. The first kappa shape index (κ1) is 13.9. The van der Waals surface area contributed by atoms with Crippen molar-refractivity contribution >= 4 is 21.7 Å². The van der Waals surface area contributed by atoms with Crippen molar-refractivity contribution in [3.63, 3.8) is 0 Å². The smallest absolute Gasteiger partial charge is 0.170 e. The number of benzene rings is 2. The maximum Gasteiger partial charge on any atom is 0.170 e. The summed E-state index contributed by atoms with van der Waals surface area (Å²) in [6, 6.07) is 8.82. The van der Waals surface area contributed by atoms with Crippen molar-refractivity contribution in [2.24, 2.45) is 0 Å². The van der Waals surface area contributed by atoms with E-state index in [4.69, 9.17) is 0 Å². The lowest BCUT2D eigenvalue weighted by atomic mass is 10.0. The van der Waals surface area contributed by atoms with E-state index in [1.807, 2.05) is 0 Å². The van der Waals surface area contributed by atoms with E-state index in [1.165, 1.54) is 30.3 Å². The van der Waals surface area contributed by atoms with Crippen LogP contribution < -0.4 is 0 Å². The summed E-state index contributed by atoms with van der Waals surface area (Å²) in [6.45, 7) is 1.76. The van der Waals surface area contributed by atoms with Gasteiger partial charge in [-0.1, -0.05) is 12.1 Å². The molecule has 98 valence electrons. The number of hydrogen-bond donors (Lipinski definition) is 0. The predicted molar refractivity (Wildman–Crippen MR) is 73.3 cm³/mol. The molecule has 0 bridgehead atoms. The Morgan fingerprint density at radius 2 is 1.84 bits per heavy atom. The van der Waals surface area contributed by atoms with Crippen LogP contribution in [0.1, 0.15) is 21.5 Å². The number of hydrogen-bond acceptors (Lipinski definition) is 1. The fraction of sp³-hybridized carbons (Fsp3) is 0.133. The van der Waals surface area contributed by atoms with Crippen LogP contribution in [0.5, 0.6) is 0 Å². The summed E-state index contributed by atoms with van der Waals surface area (Å²) in [4.78, 5) is 12.0. The number of aryl methyl sites for hydroxylation is 1. The molecule has 2 aromatic carbocycles. The van der Waals surface area contributed by atoms with Gasteiger partial charge in [0.1, 0.15) is 11.6 Å². The van der Waals surface area contributed by atoms with Gasteiger partial charge in [0, 0.05) is 6.42 Å². The van der Waals surface area contributed by atoms with Gasteiger partial charge in [-0.05, 0) is 58.2 Å². The van der Waals surface area contributed by atoms with Crippen LogP contribution in [-0.2, 0) is 6.42 Å². The third-order valence-electron chi connectivity index (χ3n) is 2.77. The second-order valence-electron chi connectivity index (χ2n) is 4.33. The molecule has 0 aliphatic carbocycles. The quantitative estimate of drug-likeness (QED) is 0.762. The number of carbonyl (C=O) groups excluding carboxylic acids is 1. The fourth-order valence-corrected chi connectivity index (χ4v) is 2.20. The highest BCUT2D eigenvalue weighted by molar-refractivity contribution is 9.10. The first-order valence-electron chi connectivity index (χ1n) is 5.70. The summed E-state index contributed by atoms with van der Waals surface area (Å²) in [5, 5.41) is 0. The van der Waals surface area contributed by atoms with Gasteiger partial charge >= 0.3 is 0 Å². The van der Waals surface area contributed by atoms with Crippen molar-refractivity contribution in [2.75, 3.05) is 0 Å². The van der Waals surface area contributed by atoms with E-state index < -0.39 is 11.6 Å². The number of rotatable bonds is 3. The van der Waals surface area contributed by atoms with Gasteiger partial charge in [0.05, 0.1) is 10.0 Å². The maximum absolute atomic E-state index is 13.7. The lowest BCUT2D eigenvalue weighted by Crippen LogP contribution is -2.06. The zero-order chi connectivity index (χ0) is 14.0. The van der Waals surface area contributed by atoms with Crippen LogP contribution in [-0.4, -0.2) is 5.78 Å². The predicted octanol–water partition coefficient (Wildman–Crippen LogP) is 4.46. The topological polar surface area (TPSA) is 17.1 Å². The summed E-state index contributed by atoms with van der Waals surface area (Å²) in [5.74, 6) is -1.24. The molecule has 0 aliphatic heterocycles. The molecule has 0 radical (unpaired) electrons. The molecule has 0 heterocycles. The Morgan fingerprint density at radius 3 is 2.47 bits per heavy atom.